The Bertz CT molecular complexity index is 764. The lowest BCUT2D eigenvalue weighted by Gasteiger charge is -2.04. The summed E-state index contributed by atoms with van der Waals surface area (Å²) < 4.78 is 5.69. The molecule has 0 amide bonds. The maximum absolute atomic E-state index is 12.0. The highest BCUT2D eigenvalue weighted by Gasteiger charge is 2.08. The standard InChI is InChI=1S/C14H10N2O2/c15-11-5-1-4-10-12(17)7-13(18-14(10)11)9-3-2-6-16-8-9/h1-8H,15H2. The van der Waals surface area contributed by atoms with Gasteiger partial charge < -0.3 is 10.2 Å². The Morgan fingerprint density at radius 2 is 2.06 bits per heavy atom. The number of nitrogens with zero attached hydrogens (tertiary/aromatic N) is 1. The Balaban J connectivity index is 2.34. The summed E-state index contributed by atoms with van der Waals surface area (Å²) in [7, 11) is 0. The monoisotopic (exact) mass is 238 g/mol. The number of rotatable bonds is 1. The summed E-state index contributed by atoms with van der Waals surface area (Å²) in [6.45, 7) is 0. The second kappa shape index (κ2) is 4.00. The average molecular weight is 238 g/mol. The van der Waals surface area contributed by atoms with E-state index in [0.717, 1.165) is 5.56 Å². The van der Waals surface area contributed by atoms with Crippen molar-refractivity contribution >= 4 is 16.7 Å². The fraction of sp³-hybridized carbons (Fsp3) is 0. The summed E-state index contributed by atoms with van der Waals surface area (Å²) in [5.41, 5.74) is 7.34. The number of fused-ring (bicyclic) bond motifs is 1. The smallest absolute Gasteiger partial charge is 0.193 e. The van der Waals surface area contributed by atoms with Crippen LogP contribution in [0.4, 0.5) is 5.69 Å². The molecule has 4 nitrogen and oxygen atoms in total. The Morgan fingerprint density at radius 1 is 1.17 bits per heavy atom. The van der Waals surface area contributed by atoms with Crippen LogP contribution < -0.4 is 11.2 Å². The number of hydrogen-bond acceptors (Lipinski definition) is 4. The maximum atomic E-state index is 12.0. The number of hydrogen-bond donors (Lipinski definition) is 1. The zero-order valence-electron chi connectivity index (χ0n) is 9.46. The van der Waals surface area contributed by atoms with Gasteiger partial charge >= 0.3 is 0 Å². The normalized spacial score (nSPS) is 10.7. The van der Waals surface area contributed by atoms with Crippen molar-refractivity contribution in [2.24, 2.45) is 0 Å². The van der Waals surface area contributed by atoms with Gasteiger partial charge in [-0.2, -0.15) is 0 Å². The molecule has 0 aliphatic rings. The number of pyridine rings is 1. The molecule has 3 aromatic rings. The molecule has 4 heteroatoms. The molecule has 0 unspecified atom stereocenters. The minimum atomic E-state index is -0.109. The average Bonchev–Trinajstić information content (AvgIpc) is 2.41. The van der Waals surface area contributed by atoms with E-state index in [0.29, 0.717) is 22.4 Å². The third-order valence-electron chi connectivity index (χ3n) is 2.73. The van der Waals surface area contributed by atoms with Crippen LogP contribution in [0.5, 0.6) is 0 Å². The predicted molar refractivity (Wildman–Crippen MR) is 70.1 cm³/mol. The van der Waals surface area contributed by atoms with Gasteiger partial charge in [0.1, 0.15) is 5.76 Å². The van der Waals surface area contributed by atoms with Gasteiger partial charge in [0.15, 0.2) is 11.0 Å². The minimum Gasteiger partial charge on any atom is -0.454 e. The Labute approximate surface area is 103 Å². The SMILES string of the molecule is Nc1cccc2c(=O)cc(-c3cccnc3)oc12. The van der Waals surface area contributed by atoms with E-state index in [-0.39, 0.29) is 5.43 Å². The first-order valence-electron chi connectivity index (χ1n) is 5.48. The summed E-state index contributed by atoms with van der Waals surface area (Å²) in [4.78, 5) is 16.0. The maximum Gasteiger partial charge on any atom is 0.193 e. The first-order chi connectivity index (χ1) is 8.75. The number of nitrogen functional groups attached to an aromatic ring is 1. The van der Waals surface area contributed by atoms with Crippen LogP contribution >= 0.6 is 0 Å². The summed E-state index contributed by atoms with van der Waals surface area (Å²) in [5.74, 6) is 0.471. The highest BCUT2D eigenvalue weighted by Crippen LogP contribution is 2.24. The third kappa shape index (κ3) is 1.64. The second-order valence-corrected chi connectivity index (χ2v) is 3.94. The highest BCUT2D eigenvalue weighted by atomic mass is 16.3. The lowest BCUT2D eigenvalue weighted by molar-refractivity contribution is 0.620. The third-order valence-corrected chi connectivity index (χ3v) is 2.73. The van der Waals surface area contributed by atoms with E-state index in [9.17, 15) is 4.79 Å². The van der Waals surface area contributed by atoms with Crippen molar-refractivity contribution in [3.8, 4) is 11.3 Å². The van der Waals surface area contributed by atoms with Crippen molar-refractivity contribution < 1.29 is 4.42 Å². The molecule has 1 aromatic carbocycles. The Morgan fingerprint density at radius 3 is 2.83 bits per heavy atom. The second-order valence-electron chi connectivity index (χ2n) is 3.94. The Kier molecular flexibility index (Phi) is 2.34. The van der Waals surface area contributed by atoms with Crippen LogP contribution in [-0.2, 0) is 0 Å². The molecular formula is C14H10N2O2. The van der Waals surface area contributed by atoms with Gasteiger partial charge in [-0.3, -0.25) is 9.78 Å². The van der Waals surface area contributed by atoms with E-state index >= 15 is 0 Å². The van der Waals surface area contributed by atoms with Gasteiger partial charge in [-0.25, -0.2) is 0 Å². The number of aromatic nitrogens is 1. The van der Waals surface area contributed by atoms with Gasteiger partial charge in [0.2, 0.25) is 0 Å². The largest absolute Gasteiger partial charge is 0.454 e. The van der Waals surface area contributed by atoms with Gasteiger partial charge in [-0.15, -0.1) is 0 Å². The van der Waals surface area contributed by atoms with Gasteiger partial charge in [-0.1, -0.05) is 6.07 Å². The van der Waals surface area contributed by atoms with E-state index in [2.05, 4.69) is 4.98 Å². The van der Waals surface area contributed by atoms with Crippen molar-refractivity contribution in [3.63, 3.8) is 0 Å². The summed E-state index contributed by atoms with van der Waals surface area (Å²) in [5, 5.41) is 0.489. The lowest BCUT2D eigenvalue weighted by atomic mass is 10.1. The molecule has 2 heterocycles. The molecule has 0 aliphatic carbocycles. The van der Waals surface area contributed by atoms with Gasteiger partial charge in [0.25, 0.3) is 0 Å². The van der Waals surface area contributed by atoms with Crippen molar-refractivity contribution in [2.75, 3.05) is 5.73 Å². The topological polar surface area (TPSA) is 69.1 Å². The molecule has 88 valence electrons. The zero-order valence-corrected chi connectivity index (χ0v) is 9.46. The summed E-state index contributed by atoms with van der Waals surface area (Å²) in [6.07, 6.45) is 3.31. The van der Waals surface area contributed by atoms with Crippen molar-refractivity contribution in [2.45, 2.75) is 0 Å². The van der Waals surface area contributed by atoms with Gasteiger partial charge in [0.05, 0.1) is 11.1 Å². The van der Waals surface area contributed by atoms with Gasteiger partial charge in [-0.05, 0) is 24.3 Å². The lowest BCUT2D eigenvalue weighted by Crippen LogP contribution is -2.01. The van der Waals surface area contributed by atoms with Crippen LogP contribution in [-0.4, -0.2) is 4.98 Å². The van der Waals surface area contributed by atoms with E-state index in [1.54, 1.807) is 36.7 Å². The quantitative estimate of drug-likeness (QED) is 0.661. The molecule has 2 aromatic heterocycles. The molecule has 18 heavy (non-hydrogen) atoms. The summed E-state index contributed by atoms with van der Waals surface area (Å²) in [6, 6.07) is 10.2. The number of nitrogens with two attached hydrogens (primary N) is 1. The fourth-order valence-corrected chi connectivity index (χ4v) is 1.85. The highest BCUT2D eigenvalue weighted by molar-refractivity contribution is 5.88. The van der Waals surface area contributed by atoms with E-state index < -0.39 is 0 Å². The molecule has 0 atom stereocenters. The number of anilines is 1. The molecule has 0 fully saturated rings. The molecule has 3 rings (SSSR count). The summed E-state index contributed by atoms with van der Waals surface area (Å²) >= 11 is 0. The zero-order chi connectivity index (χ0) is 12.5. The van der Waals surface area contributed by atoms with Gasteiger partial charge in [0, 0.05) is 24.0 Å². The van der Waals surface area contributed by atoms with Crippen LogP contribution in [0.1, 0.15) is 0 Å². The molecule has 0 aliphatic heterocycles. The molecule has 0 saturated heterocycles. The Hall–Kier alpha value is -2.62. The minimum absolute atomic E-state index is 0.109. The molecular weight excluding hydrogens is 228 g/mol. The number of para-hydroxylation sites is 1. The van der Waals surface area contributed by atoms with Crippen LogP contribution in [0.2, 0.25) is 0 Å². The predicted octanol–water partition coefficient (Wildman–Crippen LogP) is 2.44. The van der Waals surface area contributed by atoms with E-state index in [1.807, 2.05) is 6.07 Å². The first-order valence-corrected chi connectivity index (χ1v) is 5.48. The van der Waals surface area contributed by atoms with Crippen molar-refractivity contribution in [1.29, 1.82) is 0 Å². The van der Waals surface area contributed by atoms with E-state index in [1.165, 1.54) is 6.07 Å². The molecule has 0 saturated carbocycles. The molecule has 0 radical (unpaired) electrons. The van der Waals surface area contributed by atoms with E-state index in [4.69, 9.17) is 10.2 Å². The first kappa shape index (κ1) is 10.5. The molecule has 0 bridgehead atoms. The molecule has 0 spiro atoms. The van der Waals surface area contributed by atoms with Crippen LogP contribution in [0, 0.1) is 0 Å². The van der Waals surface area contributed by atoms with Crippen LogP contribution in [0.15, 0.2) is 58.0 Å². The van der Waals surface area contributed by atoms with Crippen molar-refractivity contribution in [1.82, 2.24) is 4.98 Å². The number of benzene rings is 1. The van der Waals surface area contributed by atoms with Crippen LogP contribution in [0.25, 0.3) is 22.3 Å². The fourth-order valence-electron chi connectivity index (χ4n) is 1.85. The molecule has 2 N–H and O–H groups in total. The van der Waals surface area contributed by atoms with Crippen molar-refractivity contribution in [3.05, 3.63) is 59.0 Å². The van der Waals surface area contributed by atoms with Crippen LogP contribution in [0.3, 0.4) is 0 Å².